The molecule has 0 spiro atoms. The zero-order chi connectivity index (χ0) is 16.8. The molecule has 1 heterocycles. The first kappa shape index (κ1) is 15.8. The number of ketones is 1. The number of benzene rings is 1. The number of rotatable bonds is 3. The summed E-state index contributed by atoms with van der Waals surface area (Å²) in [5.41, 5.74) is 0.403. The molecule has 1 aliphatic carbocycles. The number of fused-ring (bicyclic) bond motifs is 3. The number of para-hydroxylation sites is 1. The van der Waals surface area contributed by atoms with Crippen molar-refractivity contribution in [3.63, 3.8) is 0 Å². The van der Waals surface area contributed by atoms with E-state index in [4.69, 9.17) is 0 Å². The van der Waals surface area contributed by atoms with Crippen molar-refractivity contribution in [3.05, 3.63) is 35.5 Å². The Hall–Kier alpha value is -2.13. The minimum atomic E-state index is -3.53. The van der Waals surface area contributed by atoms with Crippen LogP contribution in [0.5, 0.6) is 0 Å². The normalized spacial score (nSPS) is 21.2. The van der Waals surface area contributed by atoms with Crippen LogP contribution < -0.4 is 0 Å². The van der Waals surface area contributed by atoms with Crippen molar-refractivity contribution in [2.45, 2.75) is 32.6 Å². The maximum atomic E-state index is 13.1. The van der Waals surface area contributed by atoms with Gasteiger partial charge in [0, 0.05) is 16.6 Å². The maximum Gasteiger partial charge on any atom is 0.236 e. The molecule has 2 aromatic rings. The van der Waals surface area contributed by atoms with Gasteiger partial charge in [0.25, 0.3) is 0 Å². The summed E-state index contributed by atoms with van der Waals surface area (Å²) in [5, 5.41) is 10.2. The molecule has 120 valence electrons. The lowest BCUT2D eigenvalue weighted by atomic mass is 9.70. The van der Waals surface area contributed by atoms with E-state index in [1.54, 1.807) is 24.3 Å². The molecule has 0 bridgehead atoms. The molecule has 1 aromatic heterocycles. The molecule has 0 aliphatic heterocycles. The van der Waals surface area contributed by atoms with Crippen LogP contribution in [-0.2, 0) is 16.4 Å². The molecule has 5 nitrogen and oxygen atoms in total. The average molecular weight is 330 g/mol. The Morgan fingerprint density at radius 1 is 1.35 bits per heavy atom. The fraction of sp³-hybridized carbons (Fsp3) is 0.412. The quantitative estimate of drug-likeness (QED) is 0.866. The molecular formula is C17H18N2O3S. The van der Waals surface area contributed by atoms with Crippen LogP contribution in [0.2, 0.25) is 0 Å². The van der Waals surface area contributed by atoms with Gasteiger partial charge in [0.15, 0.2) is 5.78 Å². The van der Waals surface area contributed by atoms with Gasteiger partial charge in [-0.15, -0.1) is 0 Å². The summed E-state index contributed by atoms with van der Waals surface area (Å²) in [7, 11) is -3.53. The van der Waals surface area contributed by atoms with E-state index in [1.807, 2.05) is 6.92 Å². The monoisotopic (exact) mass is 330 g/mol. The number of hydrogen-bond donors (Lipinski definition) is 0. The van der Waals surface area contributed by atoms with E-state index < -0.39 is 15.4 Å². The summed E-state index contributed by atoms with van der Waals surface area (Å²) in [6, 6.07) is 9.21. The Labute approximate surface area is 135 Å². The molecule has 0 unspecified atom stereocenters. The van der Waals surface area contributed by atoms with Gasteiger partial charge in [-0.3, -0.25) is 4.79 Å². The number of carbonyl (C=O) groups excluding carboxylic acids is 1. The van der Waals surface area contributed by atoms with Gasteiger partial charge in [0.1, 0.15) is 5.41 Å². The van der Waals surface area contributed by atoms with Crippen molar-refractivity contribution >= 4 is 26.7 Å². The molecule has 0 radical (unpaired) electrons. The lowest BCUT2D eigenvalue weighted by Gasteiger charge is -2.29. The predicted octanol–water partition coefficient (Wildman–Crippen LogP) is 2.89. The van der Waals surface area contributed by atoms with Crippen molar-refractivity contribution in [3.8, 4) is 6.07 Å². The topological polar surface area (TPSA) is 79.9 Å². The van der Waals surface area contributed by atoms with Crippen LogP contribution in [0.3, 0.4) is 0 Å². The van der Waals surface area contributed by atoms with Gasteiger partial charge < -0.3 is 0 Å². The van der Waals surface area contributed by atoms with Crippen LogP contribution in [-0.4, -0.2) is 24.4 Å². The molecule has 0 saturated carbocycles. The van der Waals surface area contributed by atoms with Gasteiger partial charge in [0.05, 0.1) is 17.8 Å². The van der Waals surface area contributed by atoms with E-state index in [0.29, 0.717) is 41.4 Å². The summed E-state index contributed by atoms with van der Waals surface area (Å²) in [4.78, 5) is 13.1. The molecule has 1 atom stereocenters. The molecule has 1 aliphatic rings. The van der Waals surface area contributed by atoms with Crippen molar-refractivity contribution < 1.29 is 13.2 Å². The Balaban J connectivity index is 2.38. The first-order chi connectivity index (χ1) is 10.9. The Bertz CT molecular complexity index is 950. The fourth-order valence-corrected chi connectivity index (χ4v) is 4.74. The van der Waals surface area contributed by atoms with Gasteiger partial charge in [-0.1, -0.05) is 31.5 Å². The Kier molecular flexibility index (Phi) is 3.56. The minimum absolute atomic E-state index is 0.235. The number of aromatic nitrogens is 1. The van der Waals surface area contributed by atoms with Gasteiger partial charge in [-0.05, 0) is 25.3 Å². The van der Waals surface area contributed by atoms with E-state index in [2.05, 4.69) is 6.07 Å². The number of hydrogen-bond acceptors (Lipinski definition) is 4. The zero-order valence-corrected chi connectivity index (χ0v) is 14.0. The lowest BCUT2D eigenvalue weighted by molar-refractivity contribution is 0.0823. The summed E-state index contributed by atoms with van der Waals surface area (Å²) >= 11 is 0. The van der Waals surface area contributed by atoms with Crippen molar-refractivity contribution in [1.29, 1.82) is 5.26 Å². The largest absolute Gasteiger partial charge is 0.292 e. The van der Waals surface area contributed by atoms with Crippen molar-refractivity contribution in [2.75, 3.05) is 6.26 Å². The van der Waals surface area contributed by atoms with Crippen LogP contribution in [0, 0.1) is 16.7 Å². The second-order valence-electron chi connectivity index (χ2n) is 6.14. The fourth-order valence-electron chi connectivity index (χ4n) is 3.64. The standard InChI is InChI=1S/C17H18N2O3S/c1-3-9-17(11-18)10-8-14-15(16(17)20)12-6-4-5-7-13(12)19(14)23(2,21)22/h4-7H,3,8-10H2,1-2H3/t17-/m0/s1. The summed E-state index contributed by atoms with van der Waals surface area (Å²) < 4.78 is 25.7. The van der Waals surface area contributed by atoms with Crippen LogP contribution in [0.1, 0.15) is 42.2 Å². The van der Waals surface area contributed by atoms with Crippen LogP contribution in [0.4, 0.5) is 0 Å². The first-order valence-corrected chi connectivity index (χ1v) is 9.49. The highest BCUT2D eigenvalue weighted by molar-refractivity contribution is 7.89. The highest BCUT2D eigenvalue weighted by Crippen LogP contribution is 2.43. The van der Waals surface area contributed by atoms with E-state index in [0.717, 1.165) is 12.7 Å². The second kappa shape index (κ2) is 5.20. The molecule has 6 heteroatoms. The number of Topliss-reactive ketones (excluding diaryl/α,β-unsaturated/α-hetero) is 1. The Morgan fingerprint density at radius 3 is 2.65 bits per heavy atom. The van der Waals surface area contributed by atoms with E-state index in [-0.39, 0.29) is 5.78 Å². The van der Waals surface area contributed by atoms with E-state index in [9.17, 15) is 18.5 Å². The molecule has 23 heavy (non-hydrogen) atoms. The minimum Gasteiger partial charge on any atom is -0.292 e. The molecule has 1 aromatic carbocycles. The van der Waals surface area contributed by atoms with Crippen molar-refractivity contribution in [1.82, 2.24) is 3.97 Å². The molecule has 0 fully saturated rings. The van der Waals surface area contributed by atoms with Gasteiger partial charge in [0.2, 0.25) is 10.0 Å². The third-order valence-corrected chi connectivity index (χ3v) is 5.68. The second-order valence-corrected chi connectivity index (χ2v) is 7.97. The third kappa shape index (κ3) is 2.19. The third-order valence-electron chi connectivity index (χ3n) is 4.60. The average Bonchev–Trinajstić information content (AvgIpc) is 2.85. The number of nitriles is 1. The smallest absolute Gasteiger partial charge is 0.236 e. The molecule has 0 N–H and O–H groups in total. The van der Waals surface area contributed by atoms with Crippen LogP contribution in [0.25, 0.3) is 10.9 Å². The molecule has 0 saturated heterocycles. The summed E-state index contributed by atoms with van der Waals surface area (Å²) in [6.45, 7) is 1.95. The van der Waals surface area contributed by atoms with Gasteiger partial charge in [-0.25, -0.2) is 12.4 Å². The van der Waals surface area contributed by atoms with Crippen molar-refractivity contribution in [2.24, 2.45) is 5.41 Å². The van der Waals surface area contributed by atoms with Gasteiger partial charge in [-0.2, -0.15) is 5.26 Å². The number of nitrogens with zero attached hydrogens (tertiary/aromatic N) is 2. The SMILES string of the molecule is CCC[C@@]1(C#N)CCc2c(c3ccccc3n2S(C)(=O)=O)C1=O. The Morgan fingerprint density at radius 2 is 2.04 bits per heavy atom. The first-order valence-electron chi connectivity index (χ1n) is 7.64. The van der Waals surface area contributed by atoms with E-state index >= 15 is 0 Å². The summed E-state index contributed by atoms with van der Waals surface area (Å²) in [5.74, 6) is -0.235. The van der Waals surface area contributed by atoms with Crippen LogP contribution >= 0.6 is 0 Å². The lowest BCUT2D eigenvalue weighted by Crippen LogP contribution is -2.35. The highest BCUT2D eigenvalue weighted by atomic mass is 32.2. The van der Waals surface area contributed by atoms with E-state index in [1.165, 1.54) is 3.97 Å². The highest BCUT2D eigenvalue weighted by Gasteiger charge is 2.45. The van der Waals surface area contributed by atoms with Crippen LogP contribution in [0.15, 0.2) is 24.3 Å². The maximum absolute atomic E-state index is 13.1. The molecule has 3 rings (SSSR count). The summed E-state index contributed by atoms with van der Waals surface area (Å²) in [6.07, 6.45) is 3.16. The zero-order valence-electron chi connectivity index (χ0n) is 13.2. The molecular weight excluding hydrogens is 312 g/mol. The van der Waals surface area contributed by atoms with Gasteiger partial charge >= 0.3 is 0 Å². The molecule has 0 amide bonds. The number of carbonyl (C=O) groups is 1. The predicted molar refractivity (Wildman–Crippen MR) is 87.8 cm³/mol.